The molecule has 2 aromatic carbocycles. The van der Waals surface area contributed by atoms with Crippen molar-refractivity contribution in [3.63, 3.8) is 0 Å². The molecule has 1 aliphatic rings. The topological polar surface area (TPSA) is 60.8 Å². The van der Waals surface area contributed by atoms with Gasteiger partial charge in [-0.25, -0.2) is 0 Å². The van der Waals surface area contributed by atoms with Crippen LogP contribution in [-0.4, -0.2) is 22.7 Å². The van der Waals surface area contributed by atoms with Crippen molar-refractivity contribution in [2.45, 2.75) is 12.8 Å². The molecule has 0 radical (unpaired) electrons. The summed E-state index contributed by atoms with van der Waals surface area (Å²) < 4.78 is 0. The first-order valence-corrected chi connectivity index (χ1v) is 7.07. The van der Waals surface area contributed by atoms with Crippen LogP contribution in [0.5, 0.6) is 11.5 Å². The fourth-order valence-electron chi connectivity index (χ4n) is 2.61. The fraction of sp³-hybridized carbons (Fsp3) is 0.188. The SMILES string of the molecule is O=C(c1cc(Cl)c(O)cc1O)N1CCCc2ccccc21. The molecular weight excluding hydrogens is 290 g/mol. The molecule has 0 bridgehead atoms. The van der Waals surface area contributed by atoms with Crippen molar-refractivity contribution in [3.8, 4) is 11.5 Å². The molecule has 0 unspecified atom stereocenters. The number of hydrogen-bond acceptors (Lipinski definition) is 3. The van der Waals surface area contributed by atoms with Crippen LogP contribution in [0.1, 0.15) is 22.3 Å². The molecule has 0 fully saturated rings. The zero-order valence-electron chi connectivity index (χ0n) is 11.2. The van der Waals surface area contributed by atoms with Gasteiger partial charge in [-0.3, -0.25) is 4.79 Å². The second kappa shape index (κ2) is 5.30. The maximum absolute atomic E-state index is 12.7. The van der Waals surface area contributed by atoms with Crippen molar-refractivity contribution in [1.29, 1.82) is 0 Å². The molecule has 0 saturated heterocycles. The third kappa shape index (κ3) is 2.43. The molecule has 1 amide bonds. The van der Waals surface area contributed by atoms with Crippen LogP contribution in [0.25, 0.3) is 0 Å². The predicted molar refractivity (Wildman–Crippen MR) is 81.2 cm³/mol. The van der Waals surface area contributed by atoms with Crippen molar-refractivity contribution in [2.75, 3.05) is 11.4 Å². The second-order valence-corrected chi connectivity index (χ2v) is 5.42. The molecule has 2 N–H and O–H groups in total. The Hall–Kier alpha value is -2.20. The molecule has 0 atom stereocenters. The van der Waals surface area contributed by atoms with Gasteiger partial charge in [0.05, 0.1) is 10.6 Å². The summed E-state index contributed by atoms with van der Waals surface area (Å²) in [5.41, 5.74) is 2.06. The average Bonchev–Trinajstić information content (AvgIpc) is 2.49. The number of carbonyl (C=O) groups excluding carboxylic acids is 1. The van der Waals surface area contributed by atoms with E-state index in [9.17, 15) is 15.0 Å². The molecule has 5 heteroatoms. The number of para-hydroxylation sites is 1. The predicted octanol–water partition coefficient (Wildman–Crippen LogP) is 3.34. The van der Waals surface area contributed by atoms with Crippen molar-refractivity contribution >= 4 is 23.2 Å². The lowest BCUT2D eigenvalue weighted by molar-refractivity contribution is 0.0982. The van der Waals surface area contributed by atoms with Crippen LogP contribution in [0.2, 0.25) is 5.02 Å². The first-order chi connectivity index (χ1) is 10.1. The van der Waals surface area contributed by atoms with E-state index in [0.29, 0.717) is 6.54 Å². The van der Waals surface area contributed by atoms with Crippen LogP contribution in [0.3, 0.4) is 0 Å². The van der Waals surface area contributed by atoms with E-state index in [2.05, 4.69) is 0 Å². The zero-order chi connectivity index (χ0) is 15.0. The molecule has 108 valence electrons. The maximum atomic E-state index is 12.7. The summed E-state index contributed by atoms with van der Waals surface area (Å²) in [6.45, 7) is 0.591. The lowest BCUT2D eigenvalue weighted by Gasteiger charge is -2.29. The first kappa shape index (κ1) is 13.8. The number of halogens is 1. The summed E-state index contributed by atoms with van der Waals surface area (Å²) in [7, 11) is 0. The van der Waals surface area contributed by atoms with E-state index >= 15 is 0 Å². The molecule has 1 aliphatic heterocycles. The Morgan fingerprint density at radius 2 is 1.90 bits per heavy atom. The minimum atomic E-state index is -0.318. The zero-order valence-corrected chi connectivity index (χ0v) is 12.0. The fourth-order valence-corrected chi connectivity index (χ4v) is 2.78. The van der Waals surface area contributed by atoms with E-state index < -0.39 is 0 Å². The Kier molecular flexibility index (Phi) is 3.47. The van der Waals surface area contributed by atoms with Gasteiger partial charge in [0.15, 0.2) is 0 Å². The normalized spacial score (nSPS) is 13.9. The summed E-state index contributed by atoms with van der Waals surface area (Å²) in [6, 6.07) is 10.1. The van der Waals surface area contributed by atoms with Gasteiger partial charge in [0, 0.05) is 18.3 Å². The molecular formula is C16H14ClNO3. The molecule has 0 spiro atoms. The summed E-state index contributed by atoms with van der Waals surface area (Å²) in [6.07, 6.45) is 1.80. The highest BCUT2D eigenvalue weighted by atomic mass is 35.5. The summed E-state index contributed by atoms with van der Waals surface area (Å²) in [5, 5.41) is 19.4. The van der Waals surface area contributed by atoms with Crippen molar-refractivity contribution < 1.29 is 15.0 Å². The highest BCUT2D eigenvalue weighted by Gasteiger charge is 2.25. The Labute approximate surface area is 127 Å². The third-order valence-electron chi connectivity index (χ3n) is 3.65. The highest BCUT2D eigenvalue weighted by molar-refractivity contribution is 6.32. The number of benzene rings is 2. The largest absolute Gasteiger partial charge is 0.507 e. The standard InChI is InChI=1S/C16H14ClNO3/c17-12-8-11(14(19)9-15(12)20)16(21)18-7-3-5-10-4-1-2-6-13(10)18/h1-2,4,6,8-9,19-20H,3,5,7H2. The molecule has 1 heterocycles. The quantitative estimate of drug-likeness (QED) is 0.849. The van der Waals surface area contributed by atoms with Gasteiger partial charge in [-0.15, -0.1) is 0 Å². The molecule has 0 aliphatic carbocycles. The van der Waals surface area contributed by atoms with Crippen LogP contribution in [-0.2, 0) is 6.42 Å². The maximum Gasteiger partial charge on any atom is 0.262 e. The Morgan fingerprint density at radius 3 is 2.71 bits per heavy atom. The molecule has 21 heavy (non-hydrogen) atoms. The summed E-state index contributed by atoms with van der Waals surface area (Å²) >= 11 is 5.84. The number of aromatic hydroxyl groups is 2. The third-order valence-corrected chi connectivity index (χ3v) is 3.95. The van der Waals surface area contributed by atoms with E-state index in [1.165, 1.54) is 6.07 Å². The van der Waals surface area contributed by atoms with Crippen LogP contribution < -0.4 is 4.90 Å². The minimum Gasteiger partial charge on any atom is -0.507 e. The Balaban J connectivity index is 2.03. The summed E-state index contributed by atoms with van der Waals surface area (Å²) in [4.78, 5) is 14.3. The number of phenolic OH excluding ortho intramolecular Hbond substituents is 2. The van der Waals surface area contributed by atoms with Gasteiger partial charge in [-0.1, -0.05) is 29.8 Å². The highest BCUT2D eigenvalue weighted by Crippen LogP contribution is 2.34. The number of amides is 1. The monoisotopic (exact) mass is 303 g/mol. The van der Waals surface area contributed by atoms with E-state index in [1.807, 2.05) is 24.3 Å². The van der Waals surface area contributed by atoms with Gasteiger partial charge >= 0.3 is 0 Å². The van der Waals surface area contributed by atoms with Gasteiger partial charge < -0.3 is 15.1 Å². The van der Waals surface area contributed by atoms with Crippen LogP contribution in [0.4, 0.5) is 5.69 Å². The Bertz CT molecular complexity index is 715. The van der Waals surface area contributed by atoms with Gasteiger partial charge in [0.2, 0.25) is 0 Å². The first-order valence-electron chi connectivity index (χ1n) is 6.69. The van der Waals surface area contributed by atoms with E-state index in [-0.39, 0.29) is 28.0 Å². The smallest absolute Gasteiger partial charge is 0.262 e. The van der Waals surface area contributed by atoms with Gasteiger partial charge in [0.25, 0.3) is 5.91 Å². The van der Waals surface area contributed by atoms with Gasteiger partial charge in [0.1, 0.15) is 11.5 Å². The molecule has 0 saturated carbocycles. The molecule has 0 aromatic heterocycles. The number of carbonyl (C=O) groups is 1. The van der Waals surface area contributed by atoms with Crippen molar-refractivity contribution in [1.82, 2.24) is 0 Å². The lowest BCUT2D eigenvalue weighted by atomic mass is 10.0. The summed E-state index contributed by atoms with van der Waals surface area (Å²) in [5.74, 6) is -0.837. The number of hydrogen-bond donors (Lipinski definition) is 2. The molecule has 3 rings (SSSR count). The van der Waals surface area contributed by atoms with E-state index in [1.54, 1.807) is 4.90 Å². The van der Waals surface area contributed by atoms with Crippen LogP contribution >= 0.6 is 11.6 Å². The van der Waals surface area contributed by atoms with E-state index in [4.69, 9.17) is 11.6 Å². The van der Waals surface area contributed by atoms with Gasteiger partial charge in [-0.2, -0.15) is 0 Å². The number of anilines is 1. The van der Waals surface area contributed by atoms with Crippen molar-refractivity contribution in [2.24, 2.45) is 0 Å². The number of nitrogens with zero attached hydrogens (tertiary/aromatic N) is 1. The van der Waals surface area contributed by atoms with Crippen LogP contribution in [0.15, 0.2) is 36.4 Å². The van der Waals surface area contributed by atoms with Crippen molar-refractivity contribution in [3.05, 3.63) is 52.5 Å². The van der Waals surface area contributed by atoms with Gasteiger partial charge in [-0.05, 0) is 30.5 Å². The number of phenols is 2. The minimum absolute atomic E-state index is 0.0430. The average molecular weight is 304 g/mol. The number of aryl methyl sites for hydroxylation is 1. The lowest BCUT2D eigenvalue weighted by Crippen LogP contribution is -2.35. The second-order valence-electron chi connectivity index (χ2n) is 5.01. The Morgan fingerprint density at radius 1 is 1.14 bits per heavy atom. The molecule has 4 nitrogen and oxygen atoms in total. The number of fused-ring (bicyclic) bond motifs is 1. The number of rotatable bonds is 1. The van der Waals surface area contributed by atoms with E-state index in [0.717, 1.165) is 30.2 Å². The van der Waals surface area contributed by atoms with Crippen LogP contribution in [0, 0.1) is 0 Å². The molecule has 2 aromatic rings.